The maximum Gasteiger partial charge on any atom is 0.511 e. The van der Waals surface area contributed by atoms with E-state index in [1.807, 2.05) is 0 Å². The van der Waals surface area contributed by atoms with Crippen molar-refractivity contribution in [3.8, 4) is 11.5 Å². The van der Waals surface area contributed by atoms with Gasteiger partial charge in [-0.3, -0.25) is 5.10 Å². The van der Waals surface area contributed by atoms with Crippen molar-refractivity contribution in [3.05, 3.63) is 17.8 Å². The molecule has 1 aromatic heterocycles. The van der Waals surface area contributed by atoms with Crippen molar-refractivity contribution in [1.82, 2.24) is 10.2 Å². The molecule has 0 amide bonds. The number of phenolic OH excluding ortho intramolecular Hbond substituents is 1. The van der Waals surface area contributed by atoms with Crippen molar-refractivity contribution < 1.29 is 19.7 Å². The van der Waals surface area contributed by atoms with Crippen LogP contribution in [0.5, 0.6) is 11.5 Å². The number of phenols is 1. The number of nitrogens with one attached hydrogen (secondary N) is 1. The van der Waals surface area contributed by atoms with E-state index in [9.17, 15) is 9.90 Å². The second kappa shape index (κ2) is 5.03. The Morgan fingerprint density at radius 1 is 1.40 bits per heavy atom. The molecule has 1 heterocycles. The monoisotopic (exact) mass is 276 g/mol. The quantitative estimate of drug-likeness (QED) is 0.591. The largest absolute Gasteiger partial charge is 0.511 e. The average Bonchev–Trinajstić information content (AvgIpc) is 3.01. The highest BCUT2D eigenvalue weighted by Crippen LogP contribution is 2.34. The lowest BCUT2D eigenvalue weighted by Gasteiger charge is -2.07. The molecule has 0 aliphatic heterocycles. The summed E-state index contributed by atoms with van der Waals surface area (Å²) in [5, 5.41) is 26.3. The second-order valence-electron chi connectivity index (χ2n) is 5.26. The van der Waals surface area contributed by atoms with Crippen molar-refractivity contribution in [2.75, 3.05) is 0 Å². The van der Waals surface area contributed by atoms with E-state index < -0.39 is 6.16 Å². The molecule has 0 unspecified atom stereocenters. The van der Waals surface area contributed by atoms with E-state index in [1.165, 1.54) is 37.8 Å². The highest BCUT2D eigenvalue weighted by molar-refractivity contribution is 5.85. The van der Waals surface area contributed by atoms with Gasteiger partial charge in [0.2, 0.25) is 0 Å². The minimum atomic E-state index is -1.44. The first-order valence-electron chi connectivity index (χ1n) is 6.74. The fourth-order valence-electron chi connectivity index (χ4n) is 2.91. The molecule has 0 radical (unpaired) electrons. The van der Waals surface area contributed by atoms with Gasteiger partial charge in [-0.2, -0.15) is 5.10 Å². The number of nitrogens with zero attached hydrogens (tertiary/aromatic N) is 1. The van der Waals surface area contributed by atoms with E-state index in [4.69, 9.17) is 5.11 Å². The van der Waals surface area contributed by atoms with Crippen LogP contribution in [0.4, 0.5) is 4.79 Å². The molecule has 106 valence electrons. The van der Waals surface area contributed by atoms with Crippen LogP contribution in [0.25, 0.3) is 10.9 Å². The first kappa shape index (κ1) is 12.8. The summed E-state index contributed by atoms with van der Waals surface area (Å²) in [5.74, 6) is 0.370. The van der Waals surface area contributed by atoms with Crippen molar-refractivity contribution in [3.63, 3.8) is 0 Å². The molecule has 20 heavy (non-hydrogen) atoms. The third kappa shape index (κ3) is 2.41. The van der Waals surface area contributed by atoms with Crippen LogP contribution in [0.3, 0.4) is 0 Å². The normalized spacial score (nSPS) is 15.8. The Labute approximate surface area is 115 Å². The third-order valence-electron chi connectivity index (χ3n) is 3.88. The van der Waals surface area contributed by atoms with Gasteiger partial charge in [0.15, 0.2) is 11.5 Å². The Kier molecular flexibility index (Phi) is 3.22. The Morgan fingerprint density at radius 2 is 2.15 bits per heavy atom. The van der Waals surface area contributed by atoms with Crippen LogP contribution in [0.1, 0.15) is 31.4 Å². The van der Waals surface area contributed by atoms with E-state index in [0.29, 0.717) is 11.4 Å². The molecule has 1 fully saturated rings. The number of hydrogen-bond acceptors (Lipinski definition) is 4. The summed E-state index contributed by atoms with van der Waals surface area (Å²) >= 11 is 0. The van der Waals surface area contributed by atoms with Gasteiger partial charge in [0, 0.05) is 17.1 Å². The zero-order chi connectivity index (χ0) is 14.1. The van der Waals surface area contributed by atoms with Gasteiger partial charge in [0.1, 0.15) is 0 Å². The Balaban J connectivity index is 1.94. The van der Waals surface area contributed by atoms with E-state index in [1.54, 1.807) is 0 Å². The molecule has 0 saturated heterocycles. The van der Waals surface area contributed by atoms with Gasteiger partial charge < -0.3 is 14.9 Å². The van der Waals surface area contributed by atoms with Crippen LogP contribution >= 0.6 is 0 Å². The smallest absolute Gasteiger partial charge is 0.504 e. The van der Waals surface area contributed by atoms with Gasteiger partial charge in [-0.05, 0) is 18.4 Å². The number of aromatic nitrogens is 2. The molecule has 6 heteroatoms. The van der Waals surface area contributed by atoms with Gasteiger partial charge in [-0.15, -0.1) is 0 Å². The van der Waals surface area contributed by atoms with Crippen LogP contribution in [-0.4, -0.2) is 26.6 Å². The van der Waals surface area contributed by atoms with Gasteiger partial charge in [-0.1, -0.05) is 25.7 Å². The van der Waals surface area contributed by atoms with E-state index in [-0.39, 0.29) is 11.5 Å². The fraction of sp³-hybridized carbons (Fsp3) is 0.429. The number of ether oxygens (including phenoxy) is 1. The first-order chi connectivity index (χ1) is 9.63. The number of benzene rings is 1. The number of aromatic amines is 1. The Bertz CT molecular complexity index is 644. The molecule has 3 rings (SSSR count). The summed E-state index contributed by atoms with van der Waals surface area (Å²) < 4.78 is 4.57. The fourth-order valence-corrected chi connectivity index (χ4v) is 2.91. The zero-order valence-electron chi connectivity index (χ0n) is 10.9. The molecule has 1 aliphatic rings. The molecule has 6 nitrogen and oxygen atoms in total. The van der Waals surface area contributed by atoms with Gasteiger partial charge in [-0.25, -0.2) is 4.79 Å². The van der Waals surface area contributed by atoms with Crippen molar-refractivity contribution in [2.24, 2.45) is 5.92 Å². The van der Waals surface area contributed by atoms with Crippen LogP contribution in [-0.2, 0) is 6.42 Å². The third-order valence-corrected chi connectivity index (χ3v) is 3.88. The zero-order valence-corrected chi connectivity index (χ0v) is 10.9. The number of fused-ring (bicyclic) bond motifs is 1. The van der Waals surface area contributed by atoms with Crippen LogP contribution < -0.4 is 4.74 Å². The van der Waals surface area contributed by atoms with Gasteiger partial charge in [0.05, 0.1) is 5.52 Å². The number of aromatic hydroxyl groups is 1. The average molecular weight is 276 g/mol. The molecule has 3 N–H and O–H groups in total. The van der Waals surface area contributed by atoms with E-state index >= 15 is 0 Å². The van der Waals surface area contributed by atoms with Crippen LogP contribution in [0.15, 0.2) is 12.1 Å². The maximum atomic E-state index is 10.6. The number of carbonyl (C=O) groups is 1. The highest BCUT2D eigenvalue weighted by atomic mass is 16.7. The minimum absolute atomic E-state index is 0.0564. The van der Waals surface area contributed by atoms with Crippen molar-refractivity contribution in [2.45, 2.75) is 32.1 Å². The molecule has 0 atom stereocenters. The predicted molar refractivity (Wildman–Crippen MR) is 72.1 cm³/mol. The lowest BCUT2D eigenvalue weighted by atomic mass is 10.00. The molecule has 0 bridgehead atoms. The highest BCUT2D eigenvalue weighted by Gasteiger charge is 2.19. The van der Waals surface area contributed by atoms with Gasteiger partial charge in [0.25, 0.3) is 0 Å². The number of hydrogen-bond donors (Lipinski definition) is 3. The van der Waals surface area contributed by atoms with E-state index in [2.05, 4.69) is 14.9 Å². The second-order valence-corrected chi connectivity index (χ2v) is 5.26. The molecule has 0 spiro atoms. The summed E-state index contributed by atoms with van der Waals surface area (Å²) in [5.41, 5.74) is 1.59. The topological polar surface area (TPSA) is 95.4 Å². The molecule has 1 saturated carbocycles. The standard InChI is InChI=1S/C14H16N2O4/c17-12-7-11-9(6-13(12)20-14(18)19)10(15-16-11)5-8-3-1-2-4-8/h6-8,17H,1-5H2,(H,15,16)(H,18,19). The molecular formula is C14H16N2O4. The SMILES string of the molecule is O=C(O)Oc1cc2c(CC3CCCC3)[nH]nc2cc1O. The lowest BCUT2D eigenvalue weighted by molar-refractivity contribution is 0.143. The number of carboxylic acid groups (broad SMARTS) is 1. The van der Waals surface area contributed by atoms with Crippen LogP contribution in [0, 0.1) is 5.92 Å². The minimum Gasteiger partial charge on any atom is -0.504 e. The Morgan fingerprint density at radius 3 is 2.85 bits per heavy atom. The molecule has 1 aliphatic carbocycles. The summed E-state index contributed by atoms with van der Waals surface area (Å²) in [7, 11) is 0. The van der Waals surface area contributed by atoms with Crippen molar-refractivity contribution in [1.29, 1.82) is 0 Å². The molecular weight excluding hydrogens is 260 g/mol. The molecule has 1 aromatic carbocycles. The summed E-state index contributed by atoms with van der Waals surface area (Å²) in [6.45, 7) is 0. The van der Waals surface area contributed by atoms with Gasteiger partial charge >= 0.3 is 6.16 Å². The number of rotatable bonds is 3. The van der Waals surface area contributed by atoms with Crippen molar-refractivity contribution >= 4 is 17.1 Å². The maximum absolute atomic E-state index is 10.6. The lowest BCUT2D eigenvalue weighted by Crippen LogP contribution is -2.03. The van der Waals surface area contributed by atoms with E-state index in [0.717, 1.165) is 17.5 Å². The Hall–Kier alpha value is -2.24. The summed E-state index contributed by atoms with van der Waals surface area (Å²) in [4.78, 5) is 10.6. The summed E-state index contributed by atoms with van der Waals surface area (Å²) in [6.07, 6.45) is 4.43. The molecule has 2 aromatic rings. The predicted octanol–water partition coefficient (Wildman–Crippen LogP) is 3.06. The first-order valence-corrected chi connectivity index (χ1v) is 6.74. The number of H-pyrrole nitrogens is 1. The van der Waals surface area contributed by atoms with Crippen LogP contribution in [0.2, 0.25) is 0 Å². The summed E-state index contributed by atoms with van der Waals surface area (Å²) in [6, 6.07) is 2.95.